The maximum absolute atomic E-state index is 12.9. The van der Waals surface area contributed by atoms with Gasteiger partial charge in [-0.15, -0.1) is 11.8 Å². The first kappa shape index (κ1) is 16.5. The largest absolute Gasteiger partial charge is 0.361 e. The molecule has 1 atom stereocenters. The first-order valence-corrected chi connectivity index (χ1v) is 8.07. The van der Waals surface area contributed by atoms with Gasteiger partial charge in [-0.3, -0.25) is 4.79 Å². The van der Waals surface area contributed by atoms with E-state index >= 15 is 0 Å². The highest BCUT2D eigenvalue weighted by molar-refractivity contribution is 8.00. The zero-order valence-electron chi connectivity index (χ0n) is 12.9. The van der Waals surface area contributed by atoms with Crippen LogP contribution < -0.4 is 5.32 Å². The molecule has 0 aliphatic heterocycles. The van der Waals surface area contributed by atoms with Crippen molar-refractivity contribution in [3.05, 3.63) is 52.7 Å². The van der Waals surface area contributed by atoms with Gasteiger partial charge in [0.05, 0.1) is 11.4 Å². The van der Waals surface area contributed by atoms with Crippen molar-refractivity contribution in [2.75, 3.05) is 5.75 Å². The number of carbonyl (C=O) groups excluding carboxylic acids is 1. The number of hydrogen-bond donors (Lipinski definition) is 1. The van der Waals surface area contributed by atoms with Crippen molar-refractivity contribution in [3.63, 3.8) is 0 Å². The highest BCUT2D eigenvalue weighted by atomic mass is 32.2. The quantitative estimate of drug-likeness (QED) is 0.884. The molecular weight excluding hydrogens is 303 g/mol. The second-order valence-corrected chi connectivity index (χ2v) is 6.41. The van der Waals surface area contributed by atoms with Gasteiger partial charge in [0.1, 0.15) is 11.6 Å². The van der Waals surface area contributed by atoms with Gasteiger partial charge in [0.2, 0.25) is 5.91 Å². The molecule has 1 heterocycles. The molecule has 0 unspecified atom stereocenters. The number of rotatable bonds is 6. The Kier molecular flexibility index (Phi) is 5.60. The van der Waals surface area contributed by atoms with Crippen LogP contribution in [0.15, 0.2) is 28.8 Å². The Morgan fingerprint density at radius 1 is 1.36 bits per heavy atom. The summed E-state index contributed by atoms with van der Waals surface area (Å²) in [5.41, 5.74) is 2.72. The van der Waals surface area contributed by atoms with Crippen LogP contribution in [0.25, 0.3) is 0 Å². The van der Waals surface area contributed by atoms with E-state index < -0.39 is 0 Å². The van der Waals surface area contributed by atoms with Crippen molar-refractivity contribution in [1.29, 1.82) is 0 Å². The van der Waals surface area contributed by atoms with Crippen LogP contribution in [0.5, 0.6) is 0 Å². The van der Waals surface area contributed by atoms with Crippen LogP contribution >= 0.6 is 11.8 Å². The Labute approximate surface area is 133 Å². The number of nitrogens with one attached hydrogen (secondary N) is 1. The summed E-state index contributed by atoms with van der Waals surface area (Å²) in [4.78, 5) is 11.9. The van der Waals surface area contributed by atoms with Crippen molar-refractivity contribution in [2.24, 2.45) is 0 Å². The van der Waals surface area contributed by atoms with Gasteiger partial charge < -0.3 is 9.84 Å². The van der Waals surface area contributed by atoms with E-state index in [0.29, 0.717) is 12.3 Å². The van der Waals surface area contributed by atoms with Crippen LogP contribution in [-0.2, 0) is 11.3 Å². The van der Waals surface area contributed by atoms with Gasteiger partial charge in [-0.2, -0.15) is 0 Å². The normalized spacial score (nSPS) is 12.2. The van der Waals surface area contributed by atoms with Crippen molar-refractivity contribution in [3.8, 4) is 0 Å². The number of hydrogen-bond acceptors (Lipinski definition) is 4. The van der Waals surface area contributed by atoms with Gasteiger partial charge in [0, 0.05) is 17.4 Å². The molecule has 2 aromatic rings. The number of amides is 1. The Balaban J connectivity index is 1.79. The molecule has 0 saturated heterocycles. The van der Waals surface area contributed by atoms with Gasteiger partial charge in [-0.05, 0) is 38.5 Å². The highest BCUT2D eigenvalue weighted by Crippen LogP contribution is 2.27. The highest BCUT2D eigenvalue weighted by Gasteiger charge is 2.12. The number of nitrogens with zero attached hydrogens (tertiary/aromatic N) is 1. The summed E-state index contributed by atoms with van der Waals surface area (Å²) in [6.45, 7) is 6.10. The maximum atomic E-state index is 12.9. The average Bonchev–Trinajstić information content (AvgIpc) is 2.82. The van der Waals surface area contributed by atoms with Crippen molar-refractivity contribution < 1.29 is 13.7 Å². The van der Waals surface area contributed by atoms with Crippen LogP contribution in [0.2, 0.25) is 0 Å². The number of thioether (sulfide) groups is 1. The van der Waals surface area contributed by atoms with E-state index in [4.69, 9.17) is 4.52 Å². The minimum atomic E-state index is -0.252. The number of carbonyl (C=O) groups is 1. The lowest BCUT2D eigenvalue weighted by molar-refractivity contribution is -0.118. The van der Waals surface area contributed by atoms with Crippen LogP contribution in [0.1, 0.15) is 34.8 Å². The van der Waals surface area contributed by atoms with E-state index in [1.54, 1.807) is 12.1 Å². The van der Waals surface area contributed by atoms with E-state index in [1.807, 2.05) is 20.8 Å². The Morgan fingerprint density at radius 3 is 2.64 bits per heavy atom. The van der Waals surface area contributed by atoms with Gasteiger partial charge >= 0.3 is 0 Å². The predicted molar refractivity (Wildman–Crippen MR) is 85.1 cm³/mol. The van der Waals surface area contributed by atoms with Gasteiger partial charge in [0.15, 0.2) is 0 Å². The molecule has 0 radical (unpaired) electrons. The SMILES string of the molecule is Cc1noc(C)c1CNC(=O)CS[C@H](C)c1ccc(F)cc1. The standard InChI is InChI=1S/C16H19FN2O2S/c1-10-15(11(2)21-19-10)8-18-16(20)9-22-12(3)13-4-6-14(17)7-5-13/h4-7,12H,8-9H2,1-3H3,(H,18,20)/t12-/m1/s1. The molecule has 6 heteroatoms. The molecule has 0 fully saturated rings. The summed E-state index contributed by atoms with van der Waals surface area (Å²) >= 11 is 1.52. The topological polar surface area (TPSA) is 55.1 Å². The van der Waals surface area contributed by atoms with Crippen molar-refractivity contribution >= 4 is 17.7 Å². The molecule has 22 heavy (non-hydrogen) atoms. The van der Waals surface area contributed by atoms with Crippen LogP contribution in [0.4, 0.5) is 4.39 Å². The number of benzene rings is 1. The summed E-state index contributed by atoms with van der Waals surface area (Å²) in [5.74, 6) is 0.782. The molecule has 2 rings (SSSR count). The molecular formula is C16H19FN2O2S. The molecule has 1 aromatic carbocycles. The molecule has 1 N–H and O–H groups in total. The Bertz CT molecular complexity index is 621. The molecule has 0 saturated carbocycles. The van der Waals surface area contributed by atoms with Crippen molar-refractivity contribution in [2.45, 2.75) is 32.6 Å². The van der Waals surface area contributed by atoms with Gasteiger partial charge in [0.25, 0.3) is 0 Å². The fourth-order valence-corrected chi connectivity index (χ4v) is 2.88. The van der Waals surface area contributed by atoms with Crippen LogP contribution in [0.3, 0.4) is 0 Å². The minimum Gasteiger partial charge on any atom is -0.361 e. The third-order valence-electron chi connectivity index (χ3n) is 3.45. The van der Waals surface area contributed by atoms with Crippen LogP contribution in [0, 0.1) is 19.7 Å². The maximum Gasteiger partial charge on any atom is 0.230 e. The van der Waals surface area contributed by atoms with E-state index in [-0.39, 0.29) is 17.0 Å². The average molecular weight is 322 g/mol. The molecule has 0 bridgehead atoms. The smallest absolute Gasteiger partial charge is 0.230 e. The van der Waals surface area contributed by atoms with Gasteiger partial charge in [-0.25, -0.2) is 4.39 Å². The fraction of sp³-hybridized carbons (Fsp3) is 0.375. The van der Waals surface area contributed by atoms with Crippen molar-refractivity contribution in [1.82, 2.24) is 10.5 Å². The molecule has 0 spiro atoms. The van der Waals surface area contributed by atoms with E-state index in [0.717, 1.165) is 22.6 Å². The molecule has 118 valence electrons. The third kappa shape index (κ3) is 4.34. The summed E-state index contributed by atoms with van der Waals surface area (Å²) in [6.07, 6.45) is 0. The van der Waals surface area contributed by atoms with E-state index in [2.05, 4.69) is 10.5 Å². The predicted octanol–water partition coefficient (Wildman–Crippen LogP) is 3.54. The molecule has 1 aromatic heterocycles. The molecule has 1 amide bonds. The van der Waals surface area contributed by atoms with Crippen LogP contribution in [-0.4, -0.2) is 16.8 Å². The first-order chi connectivity index (χ1) is 10.5. The van der Waals surface area contributed by atoms with Gasteiger partial charge in [-0.1, -0.05) is 17.3 Å². The molecule has 4 nitrogen and oxygen atoms in total. The van der Waals surface area contributed by atoms with E-state index in [1.165, 1.54) is 23.9 Å². The second kappa shape index (κ2) is 7.45. The minimum absolute atomic E-state index is 0.0426. The second-order valence-electron chi connectivity index (χ2n) is 5.08. The lowest BCUT2D eigenvalue weighted by atomic mass is 10.2. The first-order valence-electron chi connectivity index (χ1n) is 7.03. The fourth-order valence-electron chi connectivity index (χ4n) is 2.02. The summed E-state index contributed by atoms with van der Waals surface area (Å²) in [5, 5.41) is 6.85. The lowest BCUT2D eigenvalue weighted by Crippen LogP contribution is -2.25. The summed E-state index contributed by atoms with van der Waals surface area (Å²) < 4.78 is 17.9. The zero-order chi connectivity index (χ0) is 16.1. The zero-order valence-corrected chi connectivity index (χ0v) is 13.7. The third-order valence-corrected chi connectivity index (χ3v) is 4.65. The number of halogens is 1. The summed E-state index contributed by atoms with van der Waals surface area (Å²) in [6, 6.07) is 6.36. The lowest BCUT2D eigenvalue weighted by Gasteiger charge is -2.11. The molecule has 0 aliphatic carbocycles. The Hall–Kier alpha value is -1.82. The number of aromatic nitrogens is 1. The van der Waals surface area contributed by atoms with E-state index in [9.17, 15) is 9.18 Å². The summed E-state index contributed by atoms with van der Waals surface area (Å²) in [7, 11) is 0. The Morgan fingerprint density at radius 2 is 2.05 bits per heavy atom. The number of aryl methyl sites for hydroxylation is 2. The molecule has 0 aliphatic rings. The monoisotopic (exact) mass is 322 g/mol.